The van der Waals surface area contributed by atoms with Crippen molar-refractivity contribution in [3.8, 4) is 0 Å². The number of halogens is 3. The van der Waals surface area contributed by atoms with Crippen molar-refractivity contribution in [3.63, 3.8) is 0 Å². The minimum Gasteiger partial charge on any atom is -0.375 e. The highest BCUT2D eigenvalue weighted by Gasteiger charge is 2.12. The SMILES string of the molecule is Cc1ccc(C(C)Nc2c(F)cccc2Br)cc1F. The standard InChI is InChI=1S/C15H14BrF2N/c1-9-6-7-11(8-14(9)18)10(2)19-15-12(16)4-3-5-13(15)17/h3-8,10,19H,1-2H3. The largest absolute Gasteiger partial charge is 0.375 e. The molecule has 0 saturated carbocycles. The summed E-state index contributed by atoms with van der Waals surface area (Å²) in [7, 11) is 0. The number of nitrogens with one attached hydrogen (secondary N) is 1. The normalized spacial score (nSPS) is 12.3. The predicted octanol–water partition coefficient (Wildman–Crippen LogP) is 5.21. The molecule has 0 spiro atoms. The van der Waals surface area contributed by atoms with E-state index in [1.165, 1.54) is 12.1 Å². The summed E-state index contributed by atoms with van der Waals surface area (Å²) < 4.78 is 27.9. The van der Waals surface area contributed by atoms with Crippen molar-refractivity contribution in [1.29, 1.82) is 0 Å². The van der Waals surface area contributed by atoms with E-state index in [2.05, 4.69) is 21.2 Å². The summed E-state index contributed by atoms with van der Waals surface area (Å²) in [5, 5.41) is 3.05. The lowest BCUT2D eigenvalue weighted by Gasteiger charge is -2.18. The first kappa shape index (κ1) is 14.0. The molecule has 0 aliphatic heterocycles. The maximum absolute atomic E-state index is 13.7. The third-order valence-corrected chi connectivity index (χ3v) is 3.68. The molecule has 0 aliphatic rings. The van der Waals surface area contributed by atoms with Crippen LogP contribution in [0.4, 0.5) is 14.5 Å². The molecular weight excluding hydrogens is 312 g/mol. The van der Waals surface area contributed by atoms with Crippen molar-refractivity contribution in [3.05, 3.63) is 63.6 Å². The third-order valence-electron chi connectivity index (χ3n) is 3.02. The van der Waals surface area contributed by atoms with Crippen LogP contribution in [0, 0.1) is 18.6 Å². The number of para-hydroxylation sites is 1. The van der Waals surface area contributed by atoms with Gasteiger partial charge in [0.2, 0.25) is 0 Å². The Kier molecular flexibility index (Phi) is 4.20. The smallest absolute Gasteiger partial charge is 0.147 e. The molecule has 0 aliphatic carbocycles. The van der Waals surface area contributed by atoms with Gasteiger partial charge in [-0.3, -0.25) is 0 Å². The monoisotopic (exact) mass is 325 g/mol. The van der Waals surface area contributed by atoms with Crippen molar-refractivity contribution in [2.24, 2.45) is 0 Å². The van der Waals surface area contributed by atoms with Crippen LogP contribution in [0.3, 0.4) is 0 Å². The molecule has 1 N–H and O–H groups in total. The number of aryl methyl sites for hydroxylation is 1. The number of rotatable bonds is 3. The van der Waals surface area contributed by atoms with Crippen molar-refractivity contribution in [2.75, 3.05) is 5.32 Å². The summed E-state index contributed by atoms with van der Waals surface area (Å²) in [5.41, 5.74) is 1.76. The molecule has 0 amide bonds. The van der Waals surface area contributed by atoms with E-state index in [-0.39, 0.29) is 17.7 Å². The fourth-order valence-electron chi connectivity index (χ4n) is 1.81. The Morgan fingerprint density at radius 3 is 2.47 bits per heavy atom. The van der Waals surface area contributed by atoms with Crippen LogP contribution >= 0.6 is 15.9 Å². The average Bonchev–Trinajstić information content (AvgIpc) is 2.37. The van der Waals surface area contributed by atoms with E-state index in [9.17, 15) is 8.78 Å². The van der Waals surface area contributed by atoms with Gasteiger partial charge < -0.3 is 5.32 Å². The van der Waals surface area contributed by atoms with E-state index in [0.717, 1.165) is 5.56 Å². The summed E-state index contributed by atoms with van der Waals surface area (Å²) >= 11 is 3.30. The molecule has 1 atom stereocenters. The van der Waals surface area contributed by atoms with Gasteiger partial charge in [0.1, 0.15) is 11.6 Å². The molecule has 1 unspecified atom stereocenters. The number of hydrogen-bond acceptors (Lipinski definition) is 1. The Labute approximate surface area is 119 Å². The van der Waals surface area contributed by atoms with Crippen LogP contribution in [0.2, 0.25) is 0 Å². The van der Waals surface area contributed by atoms with E-state index in [0.29, 0.717) is 15.7 Å². The predicted molar refractivity (Wildman–Crippen MR) is 77.3 cm³/mol. The molecule has 2 rings (SSSR count). The summed E-state index contributed by atoms with van der Waals surface area (Å²) in [4.78, 5) is 0. The molecule has 0 heterocycles. The minimum atomic E-state index is -0.339. The first-order valence-corrected chi connectivity index (χ1v) is 6.75. The van der Waals surface area contributed by atoms with Gasteiger partial charge in [-0.05, 0) is 59.1 Å². The van der Waals surface area contributed by atoms with Gasteiger partial charge in [-0.25, -0.2) is 8.78 Å². The van der Waals surface area contributed by atoms with Gasteiger partial charge in [0.25, 0.3) is 0 Å². The molecule has 100 valence electrons. The number of anilines is 1. The Hall–Kier alpha value is -1.42. The fraction of sp³-hybridized carbons (Fsp3) is 0.200. The quantitative estimate of drug-likeness (QED) is 0.816. The number of benzene rings is 2. The Balaban J connectivity index is 2.25. The summed E-state index contributed by atoms with van der Waals surface area (Å²) in [6.07, 6.45) is 0. The van der Waals surface area contributed by atoms with Crippen LogP contribution in [0.25, 0.3) is 0 Å². The van der Waals surface area contributed by atoms with Crippen LogP contribution in [-0.2, 0) is 0 Å². The van der Waals surface area contributed by atoms with Gasteiger partial charge in [-0.15, -0.1) is 0 Å². The summed E-state index contributed by atoms with van der Waals surface area (Å²) in [6.45, 7) is 3.58. The molecule has 0 aromatic heterocycles. The lowest BCUT2D eigenvalue weighted by atomic mass is 10.1. The molecule has 0 saturated heterocycles. The van der Waals surface area contributed by atoms with Crippen LogP contribution < -0.4 is 5.32 Å². The second-order valence-corrected chi connectivity index (χ2v) is 5.33. The molecule has 19 heavy (non-hydrogen) atoms. The van der Waals surface area contributed by atoms with E-state index >= 15 is 0 Å². The molecular formula is C15H14BrF2N. The topological polar surface area (TPSA) is 12.0 Å². The fourth-order valence-corrected chi connectivity index (χ4v) is 2.27. The molecule has 0 bridgehead atoms. The highest BCUT2D eigenvalue weighted by molar-refractivity contribution is 9.10. The lowest BCUT2D eigenvalue weighted by Crippen LogP contribution is -2.09. The van der Waals surface area contributed by atoms with Crippen molar-refractivity contribution in [1.82, 2.24) is 0 Å². The first-order valence-electron chi connectivity index (χ1n) is 5.95. The minimum absolute atomic E-state index is 0.191. The first-order chi connectivity index (χ1) is 8.99. The van der Waals surface area contributed by atoms with Gasteiger partial charge in [0.05, 0.1) is 5.69 Å². The second-order valence-electron chi connectivity index (χ2n) is 4.47. The Morgan fingerprint density at radius 2 is 1.84 bits per heavy atom. The van der Waals surface area contributed by atoms with Crippen molar-refractivity contribution in [2.45, 2.75) is 19.9 Å². The Bertz CT molecular complexity index is 578. The van der Waals surface area contributed by atoms with Gasteiger partial charge >= 0.3 is 0 Å². The van der Waals surface area contributed by atoms with Crippen LogP contribution in [-0.4, -0.2) is 0 Å². The van der Waals surface area contributed by atoms with Crippen LogP contribution in [0.5, 0.6) is 0 Å². The maximum Gasteiger partial charge on any atom is 0.147 e. The maximum atomic E-state index is 13.7. The highest BCUT2D eigenvalue weighted by Crippen LogP contribution is 2.29. The van der Waals surface area contributed by atoms with E-state index in [4.69, 9.17) is 0 Å². The summed E-state index contributed by atoms with van der Waals surface area (Å²) in [5.74, 6) is -0.590. The highest BCUT2D eigenvalue weighted by atomic mass is 79.9. The third kappa shape index (κ3) is 3.13. The van der Waals surface area contributed by atoms with E-state index in [1.807, 2.05) is 13.0 Å². The zero-order valence-electron chi connectivity index (χ0n) is 10.7. The zero-order valence-corrected chi connectivity index (χ0v) is 12.3. The van der Waals surface area contributed by atoms with Crippen LogP contribution in [0.1, 0.15) is 24.1 Å². The molecule has 0 radical (unpaired) electrons. The second kappa shape index (κ2) is 5.70. The van der Waals surface area contributed by atoms with Crippen LogP contribution in [0.15, 0.2) is 40.9 Å². The van der Waals surface area contributed by atoms with E-state index in [1.54, 1.807) is 25.1 Å². The van der Waals surface area contributed by atoms with E-state index < -0.39 is 0 Å². The van der Waals surface area contributed by atoms with Gasteiger partial charge in [-0.1, -0.05) is 18.2 Å². The lowest BCUT2D eigenvalue weighted by molar-refractivity contribution is 0.613. The average molecular weight is 326 g/mol. The number of hydrogen-bond donors (Lipinski definition) is 1. The van der Waals surface area contributed by atoms with Crippen molar-refractivity contribution >= 4 is 21.6 Å². The van der Waals surface area contributed by atoms with Gasteiger partial charge in [-0.2, -0.15) is 0 Å². The Morgan fingerprint density at radius 1 is 1.11 bits per heavy atom. The van der Waals surface area contributed by atoms with Gasteiger partial charge in [0.15, 0.2) is 0 Å². The van der Waals surface area contributed by atoms with Gasteiger partial charge in [0, 0.05) is 10.5 Å². The zero-order chi connectivity index (χ0) is 14.0. The molecule has 1 nitrogen and oxygen atoms in total. The molecule has 2 aromatic rings. The summed E-state index contributed by atoms with van der Waals surface area (Å²) in [6, 6.07) is 9.61. The molecule has 4 heteroatoms. The molecule has 2 aromatic carbocycles. The van der Waals surface area contributed by atoms with Crippen molar-refractivity contribution < 1.29 is 8.78 Å². The molecule has 0 fully saturated rings.